The lowest BCUT2D eigenvalue weighted by Gasteiger charge is -2.30. The molecule has 2 N–H and O–H groups in total. The summed E-state index contributed by atoms with van der Waals surface area (Å²) in [5.41, 5.74) is 2.20. The van der Waals surface area contributed by atoms with Crippen molar-refractivity contribution in [1.82, 2.24) is 14.6 Å². The zero-order valence-corrected chi connectivity index (χ0v) is 18.5. The zero-order valence-electron chi connectivity index (χ0n) is 17.7. The van der Waals surface area contributed by atoms with Crippen molar-refractivity contribution in [2.45, 2.75) is 63.4 Å². The Morgan fingerprint density at radius 3 is 2.37 bits per heavy atom. The summed E-state index contributed by atoms with van der Waals surface area (Å²) in [6.07, 6.45) is 5.02. The van der Waals surface area contributed by atoms with E-state index in [1.54, 1.807) is 14.0 Å². The van der Waals surface area contributed by atoms with E-state index in [1.807, 2.05) is 13.0 Å². The molecule has 8 heteroatoms. The molecule has 1 aromatic carbocycles. The average molecular weight is 432 g/mol. The molecule has 1 saturated carbocycles. The van der Waals surface area contributed by atoms with Crippen LogP contribution in [0.15, 0.2) is 40.0 Å². The van der Waals surface area contributed by atoms with Gasteiger partial charge in [-0.2, -0.15) is 4.31 Å². The fourth-order valence-corrected chi connectivity index (χ4v) is 5.37. The Kier molecular flexibility index (Phi) is 6.77. The van der Waals surface area contributed by atoms with Gasteiger partial charge in [0.05, 0.1) is 4.90 Å². The van der Waals surface area contributed by atoms with E-state index in [0.717, 1.165) is 43.4 Å². The van der Waals surface area contributed by atoms with Crippen LogP contribution in [-0.4, -0.2) is 36.7 Å². The molecule has 2 aromatic rings. The topological polar surface area (TPSA) is 99.3 Å². The molecule has 1 aromatic heterocycles. The molecule has 1 aliphatic rings. The van der Waals surface area contributed by atoms with Crippen LogP contribution in [0.2, 0.25) is 0 Å². The summed E-state index contributed by atoms with van der Waals surface area (Å²) in [6.45, 7) is 3.73. The molecule has 0 spiro atoms. The molecule has 1 aliphatic carbocycles. The van der Waals surface area contributed by atoms with Crippen molar-refractivity contribution in [3.8, 4) is 0 Å². The van der Waals surface area contributed by atoms with Crippen molar-refractivity contribution in [2.75, 3.05) is 7.05 Å². The molecule has 1 fully saturated rings. The fourth-order valence-electron chi connectivity index (χ4n) is 3.96. The molecular weight excluding hydrogens is 402 g/mol. The number of hydrogen-bond acceptors (Lipinski definition) is 4. The molecule has 1 amide bonds. The predicted octanol–water partition coefficient (Wildman–Crippen LogP) is 2.87. The molecule has 0 radical (unpaired) electrons. The first kappa shape index (κ1) is 22.2. The first-order valence-electron chi connectivity index (χ1n) is 10.3. The maximum absolute atomic E-state index is 12.9. The minimum atomic E-state index is -3.60. The van der Waals surface area contributed by atoms with E-state index in [1.165, 1.54) is 28.6 Å². The highest BCUT2D eigenvalue weighted by atomic mass is 32.2. The molecule has 0 aliphatic heterocycles. The number of aromatic amines is 1. The Labute approximate surface area is 177 Å². The van der Waals surface area contributed by atoms with Crippen LogP contribution in [0.3, 0.4) is 0 Å². The summed E-state index contributed by atoms with van der Waals surface area (Å²) in [4.78, 5) is 27.5. The maximum atomic E-state index is 12.9. The van der Waals surface area contributed by atoms with Crippen molar-refractivity contribution in [2.24, 2.45) is 0 Å². The van der Waals surface area contributed by atoms with Gasteiger partial charge in [-0.25, -0.2) is 8.42 Å². The van der Waals surface area contributed by atoms with Gasteiger partial charge in [-0.3, -0.25) is 9.59 Å². The number of H-pyrrole nitrogens is 1. The Bertz CT molecular complexity index is 1070. The highest BCUT2D eigenvalue weighted by Gasteiger charge is 2.29. The lowest BCUT2D eigenvalue weighted by Crippen LogP contribution is -2.38. The second-order valence-electron chi connectivity index (χ2n) is 7.96. The van der Waals surface area contributed by atoms with Gasteiger partial charge in [-0.15, -0.1) is 0 Å². The van der Waals surface area contributed by atoms with Gasteiger partial charge in [-0.05, 0) is 62.6 Å². The van der Waals surface area contributed by atoms with Crippen LogP contribution in [0.1, 0.15) is 59.3 Å². The minimum absolute atomic E-state index is 0.0302. The molecule has 162 valence electrons. The van der Waals surface area contributed by atoms with Crippen molar-refractivity contribution in [3.63, 3.8) is 0 Å². The number of hydrogen-bond donors (Lipinski definition) is 2. The molecule has 7 nitrogen and oxygen atoms in total. The van der Waals surface area contributed by atoms with E-state index in [-0.39, 0.29) is 28.9 Å². The molecule has 3 rings (SSSR count). The molecular formula is C22H29N3O4S. The standard InChI is InChI=1S/C22H29N3O4S/c1-15-13-16(2)24-22(27)20(15)14-23-21(26)17-9-11-19(12-10-17)30(28,29)25(3)18-7-5-4-6-8-18/h9-13,18H,4-8,14H2,1-3H3,(H,23,26)(H,24,27). The van der Waals surface area contributed by atoms with Gasteiger partial charge in [-0.1, -0.05) is 19.3 Å². The predicted molar refractivity (Wildman–Crippen MR) is 116 cm³/mol. The summed E-state index contributed by atoms with van der Waals surface area (Å²) in [5.74, 6) is -0.362. The molecule has 30 heavy (non-hydrogen) atoms. The normalized spacial score (nSPS) is 15.3. The third-order valence-corrected chi connectivity index (χ3v) is 7.73. The van der Waals surface area contributed by atoms with Gasteiger partial charge in [0, 0.05) is 36.5 Å². The molecule has 0 atom stereocenters. The van der Waals surface area contributed by atoms with Gasteiger partial charge in [0.1, 0.15) is 0 Å². The van der Waals surface area contributed by atoms with Crippen LogP contribution >= 0.6 is 0 Å². The quantitative estimate of drug-likeness (QED) is 0.735. The SMILES string of the molecule is Cc1cc(C)c(CNC(=O)c2ccc(S(=O)(=O)N(C)C3CCCCC3)cc2)c(=O)[nH]1. The number of carbonyl (C=O) groups excluding carboxylic acids is 1. The molecule has 1 heterocycles. The summed E-state index contributed by atoms with van der Waals surface area (Å²) < 4.78 is 27.3. The van der Waals surface area contributed by atoms with Crippen molar-refractivity contribution >= 4 is 15.9 Å². The van der Waals surface area contributed by atoms with Crippen LogP contribution in [-0.2, 0) is 16.6 Å². The smallest absolute Gasteiger partial charge is 0.253 e. The van der Waals surface area contributed by atoms with E-state index in [2.05, 4.69) is 10.3 Å². The first-order chi connectivity index (χ1) is 14.2. The Hall–Kier alpha value is -2.45. The number of aromatic nitrogens is 1. The van der Waals surface area contributed by atoms with Gasteiger partial charge in [0.15, 0.2) is 0 Å². The Balaban J connectivity index is 1.69. The monoisotopic (exact) mass is 431 g/mol. The van der Waals surface area contributed by atoms with E-state index >= 15 is 0 Å². The van der Waals surface area contributed by atoms with Crippen molar-refractivity contribution in [1.29, 1.82) is 0 Å². The number of carbonyl (C=O) groups is 1. The van der Waals surface area contributed by atoms with Gasteiger partial charge in [0.25, 0.3) is 11.5 Å². The number of benzene rings is 1. The van der Waals surface area contributed by atoms with E-state index in [0.29, 0.717) is 11.1 Å². The van der Waals surface area contributed by atoms with Crippen LogP contribution < -0.4 is 10.9 Å². The number of amides is 1. The highest BCUT2D eigenvalue weighted by Crippen LogP contribution is 2.26. The minimum Gasteiger partial charge on any atom is -0.348 e. The molecule has 0 bridgehead atoms. The third kappa shape index (κ3) is 4.82. The summed E-state index contributed by atoms with van der Waals surface area (Å²) in [7, 11) is -1.96. The van der Waals surface area contributed by atoms with Crippen LogP contribution in [0.4, 0.5) is 0 Å². The van der Waals surface area contributed by atoms with Gasteiger partial charge in [0.2, 0.25) is 10.0 Å². The lowest BCUT2D eigenvalue weighted by molar-refractivity contribution is 0.0950. The summed E-state index contributed by atoms with van der Waals surface area (Å²) in [5, 5.41) is 2.73. The highest BCUT2D eigenvalue weighted by molar-refractivity contribution is 7.89. The van der Waals surface area contributed by atoms with Crippen molar-refractivity contribution in [3.05, 3.63) is 63.1 Å². The zero-order chi connectivity index (χ0) is 21.9. The molecule has 0 unspecified atom stereocenters. The van der Waals surface area contributed by atoms with Gasteiger partial charge >= 0.3 is 0 Å². The number of aryl methyl sites for hydroxylation is 2. The maximum Gasteiger partial charge on any atom is 0.253 e. The van der Waals surface area contributed by atoms with Crippen molar-refractivity contribution < 1.29 is 13.2 Å². The Morgan fingerprint density at radius 1 is 1.13 bits per heavy atom. The van der Waals surface area contributed by atoms with Crippen LogP contribution in [0.5, 0.6) is 0 Å². The van der Waals surface area contributed by atoms with Gasteiger partial charge < -0.3 is 10.3 Å². The average Bonchev–Trinajstić information content (AvgIpc) is 2.73. The third-order valence-electron chi connectivity index (χ3n) is 5.80. The van der Waals surface area contributed by atoms with Crippen LogP contribution in [0.25, 0.3) is 0 Å². The summed E-state index contributed by atoms with van der Waals surface area (Å²) >= 11 is 0. The second kappa shape index (κ2) is 9.14. The number of nitrogens with zero attached hydrogens (tertiary/aromatic N) is 1. The number of nitrogens with one attached hydrogen (secondary N) is 2. The van der Waals surface area contributed by atoms with Crippen LogP contribution in [0, 0.1) is 13.8 Å². The fraction of sp³-hybridized carbons (Fsp3) is 0.455. The lowest BCUT2D eigenvalue weighted by atomic mass is 9.96. The van der Waals surface area contributed by atoms with E-state index in [9.17, 15) is 18.0 Å². The number of sulfonamides is 1. The summed E-state index contributed by atoms with van der Waals surface area (Å²) in [6, 6.07) is 7.82. The number of pyridine rings is 1. The van der Waals surface area contributed by atoms with E-state index in [4.69, 9.17) is 0 Å². The largest absolute Gasteiger partial charge is 0.348 e. The first-order valence-corrected chi connectivity index (χ1v) is 11.7. The Morgan fingerprint density at radius 2 is 1.77 bits per heavy atom. The molecule has 0 saturated heterocycles. The number of rotatable bonds is 6. The second-order valence-corrected chi connectivity index (χ2v) is 9.96. The van der Waals surface area contributed by atoms with E-state index < -0.39 is 10.0 Å².